The summed E-state index contributed by atoms with van der Waals surface area (Å²) in [4.78, 5) is 17.4. The van der Waals surface area contributed by atoms with Crippen LogP contribution < -0.4 is 20.7 Å². The van der Waals surface area contributed by atoms with Crippen LogP contribution in [0.3, 0.4) is 0 Å². The highest BCUT2D eigenvalue weighted by Gasteiger charge is 2.41. The molecule has 1 aliphatic carbocycles. The van der Waals surface area contributed by atoms with E-state index < -0.39 is 0 Å². The fourth-order valence-electron chi connectivity index (χ4n) is 5.08. The Hall–Kier alpha value is -2.67. The first-order valence-electron chi connectivity index (χ1n) is 11.7. The lowest BCUT2D eigenvalue weighted by atomic mass is 10.1. The van der Waals surface area contributed by atoms with Crippen LogP contribution in [0.5, 0.6) is 6.01 Å². The molecule has 3 N–H and O–H groups in total. The minimum absolute atomic E-state index is 0.196. The summed E-state index contributed by atoms with van der Waals surface area (Å²) in [6.45, 7) is 2.99. The van der Waals surface area contributed by atoms with E-state index in [2.05, 4.69) is 25.6 Å². The highest BCUT2D eigenvalue weighted by atomic mass is 32.2. The molecule has 3 aromatic rings. The molecule has 9 nitrogen and oxygen atoms in total. The van der Waals surface area contributed by atoms with Crippen molar-refractivity contribution < 1.29 is 13.9 Å². The lowest BCUT2D eigenvalue weighted by Gasteiger charge is -2.47. The lowest BCUT2D eigenvalue weighted by molar-refractivity contribution is 0.0518. The van der Waals surface area contributed by atoms with Crippen molar-refractivity contribution in [3.05, 3.63) is 29.2 Å². The van der Waals surface area contributed by atoms with Crippen LogP contribution in [-0.2, 0) is 4.74 Å². The summed E-state index contributed by atoms with van der Waals surface area (Å²) in [7, 11) is 1.59. The summed E-state index contributed by atoms with van der Waals surface area (Å²) in [6, 6.07) is 4.39. The molecule has 2 unspecified atom stereocenters. The third-order valence-electron chi connectivity index (χ3n) is 6.81. The van der Waals surface area contributed by atoms with Gasteiger partial charge in [0.15, 0.2) is 10.9 Å². The number of nitrogens with two attached hydrogens (primary N) is 1. The molecule has 1 saturated carbocycles. The van der Waals surface area contributed by atoms with Crippen molar-refractivity contribution in [2.75, 3.05) is 44.0 Å². The van der Waals surface area contributed by atoms with Gasteiger partial charge >= 0.3 is 6.01 Å². The van der Waals surface area contributed by atoms with E-state index >= 15 is 0 Å². The van der Waals surface area contributed by atoms with E-state index in [1.165, 1.54) is 17.4 Å². The quantitative estimate of drug-likeness (QED) is 0.506. The lowest BCUT2D eigenvalue weighted by Crippen LogP contribution is -2.64. The molecule has 0 amide bonds. The Morgan fingerprint density at radius 2 is 1.94 bits per heavy atom. The van der Waals surface area contributed by atoms with Gasteiger partial charge in [-0.3, -0.25) is 0 Å². The van der Waals surface area contributed by atoms with E-state index in [1.807, 2.05) is 0 Å². The number of hydrogen-bond acceptors (Lipinski definition) is 11. The van der Waals surface area contributed by atoms with E-state index in [0.717, 1.165) is 53.6 Å². The summed E-state index contributed by atoms with van der Waals surface area (Å²) in [5, 5.41) is 3.87. The highest BCUT2D eigenvalue weighted by molar-refractivity contribution is 7.97. The van der Waals surface area contributed by atoms with Gasteiger partial charge in [0.1, 0.15) is 5.82 Å². The van der Waals surface area contributed by atoms with Gasteiger partial charge in [0.2, 0.25) is 0 Å². The maximum absolute atomic E-state index is 14.5. The van der Waals surface area contributed by atoms with Gasteiger partial charge in [0.05, 0.1) is 58.9 Å². The molecule has 2 atom stereocenters. The van der Waals surface area contributed by atoms with E-state index in [1.54, 1.807) is 25.1 Å². The van der Waals surface area contributed by atoms with Gasteiger partial charge in [0.25, 0.3) is 0 Å². The molecular weight excluding hydrogens is 489 g/mol. The molecular formula is C23H24FN7O2S2. The van der Waals surface area contributed by atoms with Gasteiger partial charge in [-0.05, 0) is 43.0 Å². The molecule has 0 spiro atoms. The number of methoxy groups -OCH3 is 1. The number of nitrogens with zero attached hydrogens (tertiary/aromatic N) is 5. The molecule has 7 rings (SSSR count). The zero-order chi connectivity index (χ0) is 23.7. The predicted molar refractivity (Wildman–Crippen MR) is 135 cm³/mol. The first kappa shape index (κ1) is 21.6. The van der Waals surface area contributed by atoms with Gasteiger partial charge in [0, 0.05) is 24.7 Å². The number of hydrogen-bond donors (Lipinski definition) is 2. The number of benzene rings is 1. The van der Waals surface area contributed by atoms with Crippen molar-refractivity contribution in [3.8, 4) is 6.01 Å². The molecule has 35 heavy (non-hydrogen) atoms. The van der Waals surface area contributed by atoms with Gasteiger partial charge in [-0.1, -0.05) is 11.3 Å². The molecule has 2 saturated heterocycles. The monoisotopic (exact) mass is 513 g/mol. The average molecular weight is 514 g/mol. The number of piperazine rings is 1. The molecule has 0 radical (unpaired) electrons. The highest BCUT2D eigenvalue weighted by Crippen LogP contribution is 2.51. The Kier molecular flexibility index (Phi) is 5.05. The number of thiazole rings is 1. The predicted octanol–water partition coefficient (Wildman–Crippen LogP) is 2.98. The fraction of sp³-hybridized carbons (Fsp3) is 0.435. The second-order valence-corrected chi connectivity index (χ2v) is 11.2. The van der Waals surface area contributed by atoms with Crippen molar-refractivity contribution in [2.24, 2.45) is 0 Å². The summed E-state index contributed by atoms with van der Waals surface area (Å²) < 4.78 is 28.7. The third kappa shape index (κ3) is 3.53. The number of anilines is 2. The second kappa shape index (κ2) is 8.19. The van der Waals surface area contributed by atoms with Crippen molar-refractivity contribution in [1.29, 1.82) is 0 Å². The summed E-state index contributed by atoms with van der Waals surface area (Å²) in [5.41, 5.74) is 9.16. The number of morpholine rings is 1. The Balaban J connectivity index is 1.41. The van der Waals surface area contributed by atoms with Crippen LogP contribution >= 0.6 is 23.3 Å². The van der Waals surface area contributed by atoms with Gasteiger partial charge in [-0.25, -0.2) is 9.37 Å². The topological polar surface area (TPSA) is 102 Å². The SMILES string of the molecule is COc1nc2c(c(N3C4CNCC3COC4)n1)SN(C1CC1)C(c1ccc(F)c3sc(N)nc13)=C2. The third-order valence-corrected chi connectivity index (χ3v) is 8.97. The van der Waals surface area contributed by atoms with Crippen molar-refractivity contribution in [1.82, 2.24) is 24.6 Å². The largest absolute Gasteiger partial charge is 0.467 e. The number of fused-ring (bicyclic) bond motifs is 4. The van der Waals surface area contributed by atoms with Crippen LogP contribution in [-0.4, -0.2) is 70.8 Å². The molecule has 2 aromatic heterocycles. The number of nitrogens with one attached hydrogen (secondary N) is 1. The maximum atomic E-state index is 14.5. The Bertz CT molecular complexity index is 1340. The standard InChI is InChI=1S/C23H24FN7O2S2/c1-32-23-27-16-6-17(14-4-5-15(24)19-18(14)28-22(25)34-19)31(11-2-3-11)35-20(16)21(29-23)30-12-7-26-8-13(30)10-33-9-12/h4-6,11-13,26H,2-3,7-10H2,1H3,(H2,25,28). The van der Waals surface area contributed by atoms with Crippen molar-refractivity contribution >= 4 is 56.2 Å². The fourth-order valence-corrected chi connectivity index (χ4v) is 7.08. The van der Waals surface area contributed by atoms with E-state index in [9.17, 15) is 4.39 Å². The molecule has 5 heterocycles. The van der Waals surface area contributed by atoms with E-state index in [-0.39, 0.29) is 17.9 Å². The minimum atomic E-state index is -0.306. The van der Waals surface area contributed by atoms with Crippen LogP contribution in [0, 0.1) is 5.82 Å². The second-order valence-electron chi connectivity index (χ2n) is 9.16. The first-order valence-corrected chi connectivity index (χ1v) is 13.3. The van der Waals surface area contributed by atoms with E-state index in [0.29, 0.717) is 40.6 Å². The van der Waals surface area contributed by atoms with E-state index in [4.69, 9.17) is 25.2 Å². The van der Waals surface area contributed by atoms with Crippen LogP contribution in [0.15, 0.2) is 17.0 Å². The normalized spacial score (nSPS) is 23.9. The van der Waals surface area contributed by atoms with Crippen molar-refractivity contribution in [2.45, 2.75) is 35.9 Å². The zero-order valence-corrected chi connectivity index (χ0v) is 20.7. The molecule has 12 heteroatoms. The number of halogens is 1. The molecule has 1 aromatic carbocycles. The molecule has 182 valence electrons. The Morgan fingerprint density at radius 1 is 1.14 bits per heavy atom. The van der Waals surface area contributed by atoms with Gasteiger partial charge in [-0.15, -0.1) is 0 Å². The first-order chi connectivity index (χ1) is 17.1. The number of aromatic nitrogens is 3. The Morgan fingerprint density at radius 3 is 2.69 bits per heavy atom. The number of rotatable bonds is 4. The molecule has 3 fully saturated rings. The van der Waals surface area contributed by atoms with Gasteiger partial charge in [-0.2, -0.15) is 9.97 Å². The maximum Gasteiger partial charge on any atom is 0.318 e. The number of nitrogen functional groups attached to an aromatic ring is 1. The van der Waals surface area contributed by atoms with Crippen molar-refractivity contribution in [3.63, 3.8) is 0 Å². The summed E-state index contributed by atoms with van der Waals surface area (Å²) in [5.74, 6) is 0.582. The molecule has 2 bridgehead atoms. The molecule has 3 aliphatic heterocycles. The van der Waals surface area contributed by atoms with Gasteiger partial charge < -0.3 is 29.7 Å². The van der Waals surface area contributed by atoms with Crippen LogP contribution in [0.2, 0.25) is 0 Å². The number of ether oxygens (including phenoxy) is 2. The smallest absolute Gasteiger partial charge is 0.318 e. The minimum Gasteiger partial charge on any atom is -0.467 e. The Labute approximate surface area is 209 Å². The summed E-state index contributed by atoms with van der Waals surface area (Å²) >= 11 is 2.83. The van der Waals surface area contributed by atoms with Crippen LogP contribution in [0.1, 0.15) is 24.1 Å². The van der Waals surface area contributed by atoms with Crippen LogP contribution in [0.4, 0.5) is 15.3 Å². The zero-order valence-electron chi connectivity index (χ0n) is 19.0. The van der Waals surface area contributed by atoms with Crippen LogP contribution in [0.25, 0.3) is 22.0 Å². The molecule has 4 aliphatic rings. The average Bonchev–Trinajstić information content (AvgIpc) is 3.62. The summed E-state index contributed by atoms with van der Waals surface area (Å²) in [6.07, 6.45) is 4.26.